The van der Waals surface area contributed by atoms with Crippen LogP contribution in [0.15, 0.2) is 28.9 Å². The number of benzene rings is 1. The summed E-state index contributed by atoms with van der Waals surface area (Å²) in [5, 5.41) is 12.4. The summed E-state index contributed by atoms with van der Waals surface area (Å²) in [5.74, 6) is 0.833. The monoisotopic (exact) mass is 412 g/mol. The molecule has 1 aliphatic carbocycles. The van der Waals surface area contributed by atoms with Crippen molar-refractivity contribution < 1.29 is 18.4 Å². The van der Waals surface area contributed by atoms with Crippen molar-refractivity contribution in [2.45, 2.75) is 37.6 Å². The lowest BCUT2D eigenvalue weighted by Crippen LogP contribution is -2.40. The van der Waals surface area contributed by atoms with Crippen LogP contribution in [0.4, 0.5) is 4.39 Å². The number of hydrogen-bond acceptors (Lipinski definition) is 7. The van der Waals surface area contributed by atoms with Gasteiger partial charge in [0.15, 0.2) is 23.1 Å². The molecule has 2 aliphatic rings. The van der Waals surface area contributed by atoms with Gasteiger partial charge in [0.25, 0.3) is 11.8 Å². The highest BCUT2D eigenvalue weighted by Gasteiger charge is 2.30. The first kappa shape index (κ1) is 18.7. The van der Waals surface area contributed by atoms with Gasteiger partial charge in [0.05, 0.1) is 19.3 Å². The first-order chi connectivity index (χ1) is 14.6. The number of aromatic nitrogens is 5. The van der Waals surface area contributed by atoms with Crippen molar-refractivity contribution in [1.29, 1.82) is 0 Å². The highest BCUT2D eigenvalue weighted by atomic mass is 19.1. The molecule has 0 radical (unpaired) electrons. The summed E-state index contributed by atoms with van der Waals surface area (Å²) >= 11 is 0. The third-order valence-electron chi connectivity index (χ3n) is 5.57. The van der Waals surface area contributed by atoms with Crippen LogP contribution in [0, 0.1) is 5.82 Å². The third kappa shape index (κ3) is 3.53. The zero-order chi connectivity index (χ0) is 20.7. The lowest BCUT2D eigenvalue weighted by molar-refractivity contribution is 0.0671. The number of carbonyl (C=O) groups is 1. The number of carbonyl (C=O) groups excluding carboxylic acids is 1. The van der Waals surface area contributed by atoms with E-state index < -0.39 is 5.82 Å². The predicted molar refractivity (Wildman–Crippen MR) is 102 cm³/mol. The Kier molecular flexibility index (Phi) is 4.68. The zero-order valence-electron chi connectivity index (χ0n) is 16.5. The molecular formula is C20H21FN6O3. The number of nitrogens with zero attached hydrogens (tertiary/aromatic N) is 6. The summed E-state index contributed by atoms with van der Waals surface area (Å²) in [7, 11) is 1.39. The van der Waals surface area contributed by atoms with Crippen LogP contribution in [-0.4, -0.2) is 56.1 Å². The van der Waals surface area contributed by atoms with Crippen molar-refractivity contribution in [2.75, 3.05) is 20.2 Å². The highest BCUT2D eigenvalue weighted by Crippen LogP contribution is 2.38. The fourth-order valence-corrected chi connectivity index (χ4v) is 3.74. The lowest BCUT2D eigenvalue weighted by atomic mass is 10.0. The fourth-order valence-electron chi connectivity index (χ4n) is 3.74. The predicted octanol–water partition coefficient (Wildman–Crippen LogP) is 2.83. The van der Waals surface area contributed by atoms with E-state index in [1.54, 1.807) is 21.8 Å². The van der Waals surface area contributed by atoms with Crippen molar-refractivity contribution in [3.05, 3.63) is 41.6 Å². The molecule has 1 saturated carbocycles. The molecule has 30 heavy (non-hydrogen) atoms. The number of rotatable bonds is 5. The molecule has 0 bridgehead atoms. The number of piperidine rings is 1. The Bertz CT molecular complexity index is 1080. The summed E-state index contributed by atoms with van der Waals surface area (Å²) in [6.07, 6.45) is 5.64. The first-order valence-corrected chi connectivity index (χ1v) is 10.0. The van der Waals surface area contributed by atoms with Crippen molar-refractivity contribution in [2.24, 2.45) is 0 Å². The van der Waals surface area contributed by atoms with Gasteiger partial charge in [0, 0.05) is 24.6 Å². The second-order valence-electron chi connectivity index (χ2n) is 7.71. The van der Waals surface area contributed by atoms with E-state index in [4.69, 9.17) is 9.26 Å². The molecule has 2 aromatic heterocycles. The molecule has 1 amide bonds. The molecule has 1 aliphatic heterocycles. The van der Waals surface area contributed by atoms with Crippen molar-refractivity contribution in [3.8, 4) is 17.3 Å². The molecular weight excluding hydrogens is 391 g/mol. The molecule has 3 heterocycles. The second-order valence-corrected chi connectivity index (χ2v) is 7.71. The van der Waals surface area contributed by atoms with E-state index in [9.17, 15) is 9.18 Å². The number of likely N-dealkylation sites (tertiary alicyclic amines) is 1. The molecule has 1 atom stereocenters. The Morgan fingerprint density at radius 3 is 2.93 bits per heavy atom. The van der Waals surface area contributed by atoms with Gasteiger partial charge in [-0.1, -0.05) is 10.4 Å². The van der Waals surface area contributed by atoms with Crippen molar-refractivity contribution >= 4 is 5.91 Å². The molecule has 0 N–H and O–H groups in total. The van der Waals surface area contributed by atoms with Crippen LogP contribution in [0.1, 0.15) is 53.8 Å². The van der Waals surface area contributed by atoms with E-state index in [0.717, 1.165) is 31.5 Å². The minimum absolute atomic E-state index is 0.0298. The number of hydrogen-bond donors (Lipinski definition) is 0. The average molecular weight is 412 g/mol. The molecule has 5 rings (SSSR count). The van der Waals surface area contributed by atoms with Crippen molar-refractivity contribution in [3.63, 3.8) is 0 Å². The quantitative estimate of drug-likeness (QED) is 0.635. The van der Waals surface area contributed by atoms with Crippen LogP contribution in [0.25, 0.3) is 11.6 Å². The van der Waals surface area contributed by atoms with E-state index in [1.165, 1.54) is 19.2 Å². The second kappa shape index (κ2) is 7.51. The van der Waals surface area contributed by atoms with Gasteiger partial charge in [0.1, 0.15) is 0 Å². The normalized spacial score (nSPS) is 19.1. The smallest absolute Gasteiger partial charge is 0.280 e. The maximum atomic E-state index is 14.0. The van der Waals surface area contributed by atoms with Gasteiger partial charge in [-0.3, -0.25) is 4.79 Å². The molecule has 3 aromatic rings. The van der Waals surface area contributed by atoms with E-state index in [1.807, 2.05) is 0 Å². The first-order valence-electron chi connectivity index (χ1n) is 10.0. The van der Waals surface area contributed by atoms with E-state index in [-0.39, 0.29) is 17.7 Å². The molecule has 0 spiro atoms. The highest BCUT2D eigenvalue weighted by molar-refractivity contribution is 5.94. The number of halogens is 1. The van der Waals surface area contributed by atoms with Gasteiger partial charge in [-0.2, -0.15) is 4.98 Å². The van der Waals surface area contributed by atoms with Gasteiger partial charge in [0.2, 0.25) is 0 Å². The number of amides is 1. The Hall–Kier alpha value is -3.30. The minimum atomic E-state index is -0.553. The summed E-state index contributed by atoms with van der Waals surface area (Å²) in [6.45, 7) is 1.07. The SMILES string of the molecule is COc1ccc(C(=O)N2CCC[C@H](n3cc(-c4nc(C5CC5)no4)nn3)C2)cc1F. The van der Waals surface area contributed by atoms with Crippen LogP contribution >= 0.6 is 0 Å². The van der Waals surface area contributed by atoms with Gasteiger partial charge in [-0.15, -0.1) is 5.10 Å². The topological polar surface area (TPSA) is 99.2 Å². The van der Waals surface area contributed by atoms with E-state index in [0.29, 0.717) is 36.2 Å². The Labute approximate surface area is 171 Å². The summed E-state index contributed by atoms with van der Waals surface area (Å²) in [5.41, 5.74) is 0.821. The average Bonchev–Trinajstić information content (AvgIpc) is 3.30. The Morgan fingerprint density at radius 2 is 2.17 bits per heavy atom. The maximum Gasteiger partial charge on any atom is 0.280 e. The van der Waals surface area contributed by atoms with Gasteiger partial charge >= 0.3 is 0 Å². The standard InChI is InChI=1S/C20H21FN6O3/c1-29-17-7-6-13(9-15(17)21)20(28)26-8-2-3-14(10-26)27-11-16(23-25-27)19-22-18(24-30-19)12-4-5-12/h6-7,9,11-12,14H,2-5,8,10H2,1H3/t14-/m0/s1. The maximum absolute atomic E-state index is 14.0. The summed E-state index contributed by atoms with van der Waals surface area (Å²) in [6, 6.07) is 4.23. The minimum Gasteiger partial charge on any atom is -0.494 e. The largest absolute Gasteiger partial charge is 0.494 e. The molecule has 10 heteroatoms. The third-order valence-corrected chi connectivity index (χ3v) is 5.57. The molecule has 0 unspecified atom stereocenters. The summed E-state index contributed by atoms with van der Waals surface area (Å²) < 4.78 is 26.0. The zero-order valence-corrected chi connectivity index (χ0v) is 16.5. The van der Waals surface area contributed by atoms with E-state index in [2.05, 4.69) is 20.5 Å². The Morgan fingerprint density at radius 1 is 1.30 bits per heavy atom. The molecule has 156 valence electrons. The van der Waals surface area contributed by atoms with Crippen LogP contribution in [-0.2, 0) is 0 Å². The van der Waals surface area contributed by atoms with Crippen molar-refractivity contribution in [1.82, 2.24) is 30.0 Å². The van der Waals surface area contributed by atoms with Gasteiger partial charge in [-0.25, -0.2) is 9.07 Å². The van der Waals surface area contributed by atoms with Crippen LogP contribution in [0.2, 0.25) is 0 Å². The molecule has 9 nitrogen and oxygen atoms in total. The molecule has 1 aromatic carbocycles. The fraction of sp³-hybridized carbons (Fsp3) is 0.450. The molecule has 1 saturated heterocycles. The van der Waals surface area contributed by atoms with E-state index >= 15 is 0 Å². The van der Waals surface area contributed by atoms with Gasteiger partial charge < -0.3 is 14.2 Å². The number of ether oxygens (including phenoxy) is 1. The lowest BCUT2D eigenvalue weighted by Gasteiger charge is -2.32. The van der Waals surface area contributed by atoms with Crippen LogP contribution in [0.3, 0.4) is 0 Å². The van der Waals surface area contributed by atoms with Crippen LogP contribution in [0.5, 0.6) is 5.75 Å². The van der Waals surface area contributed by atoms with Gasteiger partial charge in [-0.05, 0) is 43.9 Å². The Balaban J connectivity index is 1.30. The summed E-state index contributed by atoms with van der Waals surface area (Å²) in [4.78, 5) is 19.0. The molecule has 2 fully saturated rings. The van der Waals surface area contributed by atoms with Crippen LogP contribution < -0.4 is 4.74 Å². The number of methoxy groups -OCH3 is 1.